The summed E-state index contributed by atoms with van der Waals surface area (Å²) >= 11 is 3.26. The summed E-state index contributed by atoms with van der Waals surface area (Å²) in [6, 6.07) is 0.173. The molecule has 1 aromatic heterocycles. The van der Waals surface area contributed by atoms with Gasteiger partial charge < -0.3 is 15.7 Å². The molecule has 1 aliphatic heterocycles. The van der Waals surface area contributed by atoms with Crippen molar-refractivity contribution in [3.05, 3.63) is 21.0 Å². The van der Waals surface area contributed by atoms with Crippen molar-refractivity contribution in [1.29, 1.82) is 0 Å². The van der Waals surface area contributed by atoms with Gasteiger partial charge in [0.1, 0.15) is 4.47 Å². The van der Waals surface area contributed by atoms with E-state index in [9.17, 15) is 4.79 Å². The summed E-state index contributed by atoms with van der Waals surface area (Å²) in [5.41, 5.74) is 6.21. The minimum Gasteiger partial charge on any atom is -0.394 e. The van der Waals surface area contributed by atoms with Gasteiger partial charge in [-0.15, -0.1) is 0 Å². The number of hydrogen-bond donors (Lipinski definition) is 2. The summed E-state index contributed by atoms with van der Waals surface area (Å²) in [6.45, 7) is 1.58. The third-order valence-electron chi connectivity index (χ3n) is 2.53. The first kappa shape index (κ1) is 11.6. The van der Waals surface area contributed by atoms with Crippen LogP contribution in [-0.2, 0) is 6.54 Å². The molecule has 0 aliphatic carbocycles. The fourth-order valence-electron chi connectivity index (χ4n) is 1.64. The molecular weight excluding hydrogens is 276 g/mol. The fraction of sp³-hybridized carbons (Fsp3) is 0.556. The zero-order valence-electron chi connectivity index (χ0n) is 8.64. The molecule has 0 atom stereocenters. The highest BCUT2D eigenvalue weighted by molar-refractivity contribution is 9.10. The van der Waals surface area contributed by atoms with Crippen molar-refractivity contribution in [3.8, 4) is 0 Å². The van der Waals surface area contributed by atoms with E-state index in [1.807, 2.05) is 4.90 Å². The van der Waals surface area contributed by atoms with Gasteiger partial charge in [0.2, 0.25) is 0 Å². The first-order chi connectivity index (χ1) is 7.63. The second kappa shape index (κ2) is 4.52. The average molecular weight is 289 g/mol. The largest absolute Gasteiger partial charge is 0.394 e. The molecule has 0 saturated carbocycles. The van der Waals surface area contributed by atoms with Gasteiger partial charge >= 0.3 is 0 Å². The lowest BCUT2D eigenvalue weighted by atomic mass is 10.1. The summed E-state index contributed by atoms with van der Waals surface area (Å²) in [7, 11) is 0. The second-order valence-corrected chi connectivity index (χ2v) is 4.55. The maximum absolute atomic E-state index is 11.8. The van der Waals surface area contributed by atoms with Gasteiger partial charge in [0.05, 0.1) is 25.0 Å². The van der Waals surface area contributed by atoms with Gasteiger partial charge in [-0.1, -0.05) is 0 Å². The van der Waals surface area contributed by atoms with E-state index >= 15 is 0 Å². The normalized spacial score (nSPS) is 16.3. The highest BCUT2D eigenvalue weighted by Crippen LogP contribution is 2.25. The Balaban J connectivity index is 2.28. The standard InChI is InChI=1S/C9H13BrN4O2/c10-8-7(13-4-6(11)5-13)3-12-14(1-2-15)9(8)16/h3,6,15H,1-2,4-5,11H2. The van der Waals surface area contributed by atoms with Crippen LogP contribution in [0.4, 0.5) is 5.69 Å². The van der Waals surface area contributed by atoms with Crippen LogP contribution in [0.2, 0.25) is 0 Å². The van der Waals surface area contributed by atoms with Crippen LogP contribution in [0, 0.1) is 0 Å². The van der Waals surface area contributed by atoms with Crippen LogP contribution >= 0.6 is 15.9 Å². The highest BCUT2D eigenvalue weighted by atomic mass is 79.9. The van der Waals surface area contributed by atoms with Gasteiger partial charge in [-0.3, -0.25) is 4.79 Å². The number of nitrogens with two attached hydrogens (primary N) is 1. The Labute approximate surface area is 101 Å². The molecule has 1 fully saturated rings. The first-order valence-corrected chi connectivity index (χ1v) is 5.79. The zero-order valence-corrected chi connectivity index (χ0v) is 10.2. The lowest BCUT2D eigenvalue weighted by Gasteiger charge is -2.38. The van der Waals surface area contributed by atoms with E-state index < -0.39 is 0 Å². The molecule has 0 unspecified atom stereocenters. The van der Waals surface area contributed by atoms with Crippen LogP contribution in [0.1, 0.15) is 0 Å². The van der Waals surface area contributed by atoms with Crippen molar-refractivity contribution in [2.75, 3.05) is 24.6 Å². The molecule has 16 heavy (non-hydrogen) atoms. The molecule has 1 aromatic rings. The number of hydrogen-bond acceptors (Lipinski definition) is 5. The molecule has 88 valence electrons. The smallest absolute Gasteiger partial charge is 0.283 e. The minimum absolute atomic E-state index is 0.104. The predicted molar refractivity (Wildman–Crippen MR) is 63.5 cm³/mol. The van der Waals surface area contributed by atoms with Crippen molar-refractivity contribution in [3.63, 3.8) is 0 Å². The van der Waals surface area contributed by atoms with Gasteiger partial charge in [0.15, 0.2) is 0 Å². The Hall–Kier alpha value is -0.920. The van der Waals surface area contributed by atoms with Gasteiger partial charge in [-0.25, -0.2) is 4.68 Å². The molecule has 1 aliphatic rings. The highest BCUT2D eigenvalue weighted by Gasteiger charge is 2.26. The third-order valence-corrected chi connectivity index (χ3v) is 3.27. The maximum atomic E-state index is 11.8. The molecular formula is C9H13BrN4O2. The SMILES string of the molecule is NC1CN(c2cnn(CCO)c(=O)c2Br)C1. The van der Waals surface area contributed by atoms with Crippen molar-refractivity contribution < 1.29 is 5.11 Å². The number of halogens is 1. The number of aliphatic hydroxyl groups excluding tert-OH is 1. The third kappa shape index (κ3) is 1.98. The minimum atomic E-state index is -0.230. The van der Waals surface area contributed by atoms with E-state index in [2.05, 4.69) is 21.0 Å². The average Bonchev–Trinajstić information content (AvgIpc) is 2.22. The van der Waals surface area contributed by atoms with Gasteiger partial charge in [0, 0.05) is 19.1 Å². The van der Waals surface area contributed by atoms with Crippen LogP contribution in [0.25, 0.3) is 0 Å². The second-order valence-electron chi connectivity index (χ2n) is 3.76. The van der Waals surface area contributed by atoms with Crippen molar-refractivity contribution >= 4 is 21.6 Å². The van der Waals surface area contributed by atoms with E-state index in [4.69, 9.17) is 10.8 Å². The predicted octanol–water partition coefficient (Wildman–Crippen LogP) is -0.855. The van der Waals surface area contributed by atoms with Crippen molar-refractivity contribution in [1.82, 2.24) is 9.78 Å². The summed E-state index contributed by atoms with van der Waals surface area (Å²) in [5, 5.41) is 12.8. The quantitative estimate of drug-likeness (QED) is 0.757. The Bertz CT molecular complexity index is 442. The van der Waals surface area contributed by atoms with Gasteiger partial charge in [-0.05, 0) is 15.9 Å². The van der Waals surface area contributed by atoms with Gasteiger partial charge in [-0.2, -0.15) is 5.10 Å². The van der Waals surface area contributed by atoms with Crippen molar-refractivity contribution in [2.24, 2.45) is 5.73 Å². The monoisotopic (exact) mass is 288 g/mol. The first-order valence-electron chi connectivity index (χ1n) is 5.00. The van der Waals surface area contributed by atoms with E-state index in [0.29, 0.717) is 4.47 Å². The summed E-state index contributed by atoms with van der Waals surface area (Å²) < 4.78 is 1.70. The number of aliphatic hydroxyl groups is 1. The van der Waals surface area contributed by atoms with Crippen LogP contribution in [0.3, 0.4) is 0 Å². The Morgan fingerprint density at radius 1 is 1.62 bits per heavy atom. The Morgan fingerprint density at radius 2 is 2.31 bits per heavy atom. The fourth-order valence-corrected chi connectivity index (χ4v) is 2.20. The molecule has 2 rings (SSSR count). The molecule has 0 amide bonds. The molecule has 7 heteroatoms. The maximum Gasteiger partial charge on any atom is 0.283 e. The number of aromatic nitrogens is 2. The number of rotatable bonds is 3. The van der Waals surface area contributed by atoms with Crippen LogP contribution < -0.4 is 16.2 Å². The van der Waals surface area contributed by atoms with E-state index in [-0.39, 0.29) is 24.8 Å². The summed E-state index contributed by atoms with van der Waals surface area (Å²) in [4.78, 5) is 13.8. The lowest BCUT2D eigenvalue weighted by molar-refractivity contribution is 0.266. The molecule has 0 spiro atoms. The van der Waals surface area contributed by atoms with Crippen LogP contribution in [0.15, 0.2) is 15.5 Å². The van der Waals surface area contributed by atoms with E-state index in [0.717, 1.165) is 18.8 Å². The Morgan fingerprint density at radius 3 is 2.88 bits per heavy atom. The molecule has 6 nitrogen and oxygen atoms in total. The molecule has 0 radical (unpaired) electrons. The van der Waals surface area contributed by atoms with Crippen LogP contribution in [-0.4, -0.2) is 40.6 Å². The van der Waals surface area contributed by atoms with Gasteiger partial charge in [0.25, 0.3) is 5.56 Å². The molecule has 2 heterocycles. The Kier molecular flexibility index (Phi) is 3.27. The molecule has 3 N–H and O–H groups in total. The lowest BCUT2D eigenvalue weighted by Crippen LogP contribution is -2.56. The van der Waals surface area contributed by atoms with E-state index in [1.165, 1.54) is 4.68 Å². The molecule has 0 bridgehead atoms. The zero-order chi connectivity index (χ0) is 11.7. The molecule has 0 aromatic carbocycles. The van der Waals surface area contributed by atoms with Crippen LogP contribution in [0.5, 0.6) is 0 Å². The number of anilines is 1. The topological polar surface area (TPSA) is 84.4 Å². The van der Waals surface area contributed by atoms with Crippen molar-refractivity contribution in [2.45, 2.75) is 12.6 Å². The summed E-state index contributed by atoms with van der Waals surface area (Å²) in [6.07, 6.45) is 1.62. The summed E-state index contributed by atoms with van der Waals surface area (Å²) in [5.74, 6) is 0. The molecule has 1 saturated heterocycles. The van der Waals surface area contributed by atoms with E-state index in [1.54, 1.807) is 6.20 Å². The number of nitrogens with zero attached hydrogens (tertiary/aromatic N) is 3.